The van der Waals surface area contributed by atoms with Crippen molar-refractivity contribution in [1.82, 2.24) is 5.32 Å². The minimum atomic E-state index is -0.0966. The summed E-state index contributed by atoms with van der Waals surface area (Å²) in [5.74, 6) is -0.166. The van der Waals surface area contributed by atoms with Gasteiger partial charge in [0.05, 0.1) is 19.8 Å². The lowest BCUT2D eigenvalue weighted by atomic mass is 10.2. The zero-order valence-electron chi connectivity index (χ0n) is 9.98. The molecule has 0 aliphatic heterocycles. The van der Waals surface area contributed by atoms with Crippen LogP contribution in [0.4, 0.5) is 0 Å². The fourth-order valence-corrected chi connectivity index (χ4v) is 1.33. The Labute approximate surface area is 101 Å². The van der Waals surface area contributed by atoms with E-state index in [0.717, 1.165) is 0 Å². The lowest BCUT2D eigenvalue weighted by Crippen LogP contribution is -2.20. The smallest absolute Gasteiger partial charge is 0.161 e. The van der Waals surface area contributed by atoms with Crippen molar-refractivity contribution in [2.45, 2.75) is 6.54 Å². The van der Waals surface area contributed by atoms with Gasteiger partial charge in [-0.1, -0.05) is 12.1 Å². The van der Waals surface area contributed by atoms with Gasteiger partial charge in [0.15, 0.2) is 11.5 Å². The molecule has 1 aromatic carbocycles. The molecule has 0 heterocycles. The van der Waals surface area contributed by atoms with Gasteiger partial charge in [0.25, 0.3) is 0 Å². The first-order valence-electron chi connectivity index (χ1n) is 5.53. The Bertz CT molecular complexity index is 330. The largest absolute Gasteiger partial charge is 0.504 e. The summed E-state index contributed by atoms with van der Waals surface area (Å²) in [6, 6.07) is 4.90. The van der Waals surface area contributed by atoms with Crippen LogP contribution in [-0.2, 0) is 16.0 Å². The van der Waals surface area contributed by atoms with Crippen LogP contribution >= 0.6 is 0 Å². The van der Waals surface area contributed by atoms with Crippen molar-refractivity contribution in [2.75, 3.05) is 33.5 Å². The van der Waals surface area contributed by atoms with Gasteiger partial charge in [-0.15, -0.1) is 0 Å². The van der Waals surface area contributed by atoms with Crippen LogP contribution in [-0.4, -0.2) is 43.7 Å². The highest BCUT2D eigenvalue weighted by molar-refractivity contribution is 5.44. The molecule has 0 aliphatic carbocycles. The van der Waals surface area contributed by atoms with Crippen molar-refractivity contribution in [1.29, 1.82) is 0 Å². The predicted molar refractivity (Wildman–Crippen MR) is 64.2 cm³/mol. The topological polar surface area (TPSA) is 71.0 Å². The van der Waals surface area contributed by atoms with Gasteiger partial charge in [-0.2, -0.15) is 0 Å². The van der Waals surface area contributed by atoms with E-state index < -0.39 is 0 Å². The number of nitrogens with one attached hydrogen (secondary N) is 1. The zero-order chi connectivity index (χ0) is 12.5. The van der Waals surface area contributed by atoms with Crippen LogP contribution in [0.1, 0.15) is 5.56 Å². The highest BCUT2D eigenvalue weighted by atomic mass is 16.5. The fourth-order valence-electron chi connectivity index (χ4n) is 1.33. The third-order valence-corrected chi connectivity index (χ3v) is 2.27. The van der Waals surface area contributed by atoms with Crippen molar-refractivity contribution < 1.29 is 19.7 Å². The predicted octanol–water partition coefficient (Wildman–Crippen LogP) is 0.850. The molecule has 0 fully saturated rings. The number of phenols is 2. The molecular formula is C12H19NO4. The minimum Gasteiger partial charge on any atom is -0.504 e. The van der Waals surface area contributed by atoms with Gasteiger partial charge in [0.2, 0.25) is 0 Å². The Morgan fingerprint density at radius 3 is 2.76 bits per heavy atom. The molecule has 0 saturated heterocycles. The molecule has 5 nitrogen and oxygen atoms in total. The van der Waals surface area contributed by atoms with Gasteiger partial charge in [0, 0.05) is 25.8 Å². The van der Waals surface area contributed by atoms with E-state index in [1.165, 1.54) is 6.07 Å². The Morgan fingerprint density at radius 1 is 1.18 bits per heavy atom. The molecule has 0 aliphatic rings. The van der Waals surface area contributed by atoms with E-state index in [-0.39, 0.29) is 11.5 Å². The summed E-state index contributed by atoms with van der Waals surface area (Å²) >= 11 is 0. The number of aromatic hydroxyl groups is 2. The van der Waals surface area contributed by atoms with Crippen LogP contribution in [0, 0.1) is 0 Å². The number of ether oxygens (including phenoxy) is 2. The molecule has 0 atom stereocenters. The normalized spacial score (nSPS) is 10.6. The zero-order valence-corrected chi connectivity index (χ0v) is 9.98. The third kappa shape index (κ3) is 5.04. The number of benzene rings is 1. The van der Waals surface area contributed by atoms with E-state index >= 15 is 0 Å². The molecule has 0 radical (unpaired) electrons. The van der Waals surface area contributed by atoms with Crippen LogP contribution in [0.25, 0.3) is 0 Å². The molecule has 5 heteroatoms. The molecule has 3 N–H and O–H groups in total. The molecule has 96 valence electrons. The summed E-state index contributed by atoms with van der Waals surface area (Å²) in [4.78, 5) is 0. The number of methoxy groups -OCH3 is 1. The van der Waals surface area contributed by atoms with Gasteiger partial charge >= 0.3 is 0 Å². The van der Waals surface area contributed by atoms with Gasteiger partial charge in [0.1, 0.15) is 0 Å². The maximum atomic E-state index is 9.53. The monoisotopic (exact) mass is 241 g/mol. The maximum Gasteiger partial charge on any atom is 0.161 e. The van der Waals surface area contributed by atoms with Crippen molar-refractivity contribution >= 4 is 0 Å². The van der Waals surface area contributed by atoms with E-state index in [4.69, 9.17) is 9.47 Å². The van der Waals surface area contributed by atoms with Gasteiger partial charge in [-0.3, -0.25) is 0 Å². The highest BCUT2D eigenvalue weighted by Crippen LogP contribution is 2.27. The van der Waals surface area contributed by atoms with E-state index in [1.807, 2.05) is 0 Å². The summed E-state index contributed by atoms with van der Waals surface area (Å²) in [7, 11) is 1.63. The molecule has 17 heavy (non-hydrogen) atoms. The Hall–Kier alpha value is -1.30. The second-order valence-electron chi connectivity index (χ2n) is 3.57. The Kier molecular flexibility index (Phi) is 6.39. The molecule has 0 bridgehead atoms. The number of hydrogen-bond acceptors (Lipinski definition) is 5. The Balaban J connectivity index is 2.16. The third-order valence-electron chi connectivity index (χ3n) is 2.27. The van der Waals surface area contributed by atoms with Crippen molar-refractivity contribution in [2.24, 2.45) is 0 Å². The van der Waals surface area contributed by atoms with E-state index in [9.17, 15) is 10.2 Å². The molecular weight excluding hydrogens is 222 g/mol. The van der Waals surface area contributed by atoms with E-state index in [2.05, 4.69) is 5.32 Å². The SMILES string of the molecule is COCCOCCNCc1cccc(O)c1O. The lowest BCUT2D eigenvalue weighted by Gasteiger charge is -2.08. The molecule has 0 unspecified atom stereocenters. The van der Waals surface area contributed by atoms with E-state index in [0.29, 0.717) is 38.5 Å². The number of para-hydroxylation sites is 1. The molecule has 1 aromatic rings. The van der Waals surface area contributed by atoms with Crippen molar-refractivity contribution in [3.05, 3.63) is 23.8 Å². The van der Waals surface area contributed by atoms with Crippen LogP contribution in [0.15, 0.2) is 18.2 Å². The highest BCUT2D eigenvalue weighted by Gasteiger charge is 2.04. The Morgan fingerprint density at radius 2 is 2.00 bits per heavy atom. The lowest BCUT2D eigenvalue weighted by molar-refractivity contribution is 0.0719. The second kappa shape index (κ2) is 7.89. The van der Waals surface area contributed by atoms with Crippen LogP contribution in [0.2, 0.25) is 0 Å². The second-order valence-corrected chi connectivity index (χ2v) is 3.57. The summed E-state index contributed by atoms with van der Waals surface area (Å²) < 4.78 is 10.1. The van der Waals surface area contributed by atoms with Crippen molar-refractivity contribution in [3.63, 3.8) is 0 Å². The fraction of sp³-hybridized carbons (Fsp3) is 0.500. The van der Waals surface area contributed by atoms with Crippen LogP contribution in [0.3, 0.4) is 0 Å². The van der Waals surface area contributed by atoms with Gasteiger partial charge in [-0.05, 0) is 6.07 Å². The quantitative estimate of drug-likeness (QED) is 0.465. The molecule has 0 saturated carbocycles. The molecule has 0 aromatic heterocycles. The summed E-state index contributed by atoms with van der Waals surface area (Å²) in [6.45, 7) is 2.93. The summed E-state index contributed by atoms with van der Waals surface area (Å²) in [6.07, 6.45) is 0. The van der Waals surface area contributed by atoms with Gasteiger partial charge in [-0.25, -0.2) is 0 Å². The standard InChI is InChI=1S/C12H19NO4/c1-16-7-8-17-6-5-13-9-10-3-2-4-11(14)12(10)15/h2-4,13-15H,5-9H2,1H3. The summed E-state index contributed by atoms with van der Waals surface area (Å²) in [5, 5.41) is 21.9. The number of rotatable bonds is 8. The summed E-state index contributed by atoms with van der Waals surface area (Å²) in [5.41, 5.74) is 0.668. The maximum absolute atomic E-state index is 9.53. The van der Waals surface area contributed by atoms with Crippen molar-refractivity contribution in [3.8, 4) is 11.5 Å². The van der Waals surface area contributed by atoms with Gasteiger partial charge < -0.3 is 25.0 Å². The first kappa shape index (κ1) is 13.8. The molecule has 0 spiro atoms. The molecule has 1 rings (SSSR count). The minimum absolute atomic E-state index is 0.0692. The number of phenolic OH excluding ortho intramolecular Hbond substituents is 2. The average molecular weight is 241 g/mol. The number of hydrogen-bond donors (Lipinski definition) is 3. The molecule has 0 amide bonds. The first-order chi connectivity index (χ1) is 8.25. The van der Waals surface area contributed by atoms with Crippen LogP contribution < -0.4 is 5.32 Å². The first-order valence-corrected chi connectivity index (χ1v) is 5.53. The average Bonchev–Trinajstić information content (AvgIpc) is 2.33. The van der Waals surface area contributed by atoms with E-state index in [1.54, 1.807) is 19.2 Å². The van der Waals surface area contributed by atoms with Crippen LogP contribution in [0.5, 0.6) is 11.5 Å².